The summed E-state index contributed by atoms with van der Waals surface area (Å²) in [5.74, 6) is 0.525. The van der Waals surface area contributed by atoms with Crippen LogP contribution in [0.15, 0.2) is 36.7 Å². The number of carbonyl (C=O) groups excluding carboxylic acids is 1. The Labute approximate surface area is 206 Å². The number of piperidine rings is 2. The Balaban J connectivity index is 1.31. The largest absolute Gasteiger partial charge is 0.310 e. The van der Waals surface area contributed by atoms with Gasteiger partial charge in [0, 0.05) is 43.2 Å². The van der Waals surface area contributed by atoms with Crippen LogP contribution in [0.3, 0.4) is 0 Å². The van der Waals surface area contributed by atoms with Crippen LogP contribution in [0.5, 0.6) is 0 Å². The van der Waals surface area contributed by atoms with Gasteiger partial charge in [0.1, 0.15) is 12.5 Å². The summed E-state index contributed by atoms with van der Waals surface area (Å²) >= 11 is 0. The number of benzene rings is 1. The SMILES string of the molecule is Cn1ncc(-c2ccc3cnc(NC(=O)C4CCN(CCF)CC4)cc3c2)c1CN1CCCCC1. The number of rotatable bonds is 7. The Bertz CT molecular complexity index is 1160. The fourth-order valence-corrected chi connectivity index (χ4v) is 5.36. The number of halogens is 1. The van der Waals surface area contributed by atoms with E-state index in [4.69, 9.17) is 0 Å². The van der Waals surface area contributed by atoms with E-state index in [2.05, 4.69) is 43.4 Å². The lowest BCUT2D eigenvalue weighted by atomic mass is 9.96. The van der Waals surface area contributed by atoms with Crippen molar-refractivity contribution >= 4 is 22.5 Å². The third-order valence-electron chi connectivity index (χ3n) is 7.53. The van der Waals surface area contributed by atoms with Crippen molar-refractivity contribution in [3.8, 4) is 11.1 Å². The van der Waals surface area contributed by atoms with Gasteiger partial charge < -0.3 is 10.2 Å². The second-order valence-corrected chi connectivity index (χ2v) is 9.89. The number of aryl methyl sites for hydroxylation is 1. The van der Waals surface area contributed by atoms with Gasteiger partial charge in [0.15, 0.2) is 0 Å². The molecule has 2 fully saturated rings. The number of nitrogens with one attached hydrogen (secondary N) is 1. The Kier molecular flexibility index (Phi) is 7.39. The molecule has 0 atom stereocenters. The number of hydrogen-bond donors (Lipinski definition) is 1. The molecule has 0 aliphatic carbocycles. The summed E-state index contributed by atoms with van der Waals surface area (Å²) in [7, 11) is 2.02. The topological polar surface area (TPSA) is 66.3 Å². The minimum Gasteiger partial charge on any atom is -0.310 e. The molecule has 0 radical (unpaired) electrons. The quantitative estimate of drug-likeness (QED) is 0.550. The molecule has 2 aliphatic rings. The Morgan fingerprint density at radius 3 is 2.60 bits per heavy atom. The number of amides is 1. The van der Waals surface area contributed by atoms with Gasteiger partial charge in [-0.1, -0.05) is 18.6 Å². The van der Waals surface area contributed by atoms with Crippen molar-refractivity contribution in [3.63, 3.8) is 0 Å². The fraction of sp³-hybridized carbons (Fsp3) is 0.519. The van der Waals surface area contributed by atoms with Gasteiger partial charge in [-0.2, -0.15) is 5.10 Å². The number of carbonyl (C=O) groups is 1. The van der Waals surface area contributed by atoms with E-state index in [0.717, 1.165) is 67.5 Å². The maximum Gasteiger partial charge on any atom is 0.228 e. The van der Waals surface area contributed by atoms with Gasteiger partial charge in [-0.25, -0.2) is 9.37 Å². The van der Waals surface area contributed by atoms with Gasteiger partial charge in [-0.3, -0.25) is 14.4 Å². The van der Waals surface area contributed by atoms with E-state index < -0.39 is 0 Å². The van der Waals surface area contributed by atoms with Crippen LogP contribution in [-0.2, 0) is 18.4 Å². The van der Waals surface area contributed by atoms with Crippen LogP contribution in [-0.4, -0.2) is 69.9 Å². The first kappa shape index (κ1) is 23.9. The molecule has 0 unspecified atom stereocenters. The molecule has 0 saturated carbocycles. The average Bonchev–Trinajstić information content (AvgIpc) is 3.24. The summed E-state index contributed by atoms with van der Waals surface area (Å²) < 4.78 is 14.6. The molecule has 0 bridgehead atoms. The van der Waals surface area contributed by atoms with E-state index in [9.17, 15) is 9.18 Å². The van der Waals surface area contributed by atoms with Gasteiger partial charge in [-0.05, 0) is 74.9 Å². The third kappa shape index (κ3) is 5.54. The summed E-state index contributed by atoms with van der Waals surface area (Å²) in [6.07, 6.45) is 9.14. The molecule has 2 saturated heterocycles. The number of aromatic nitrogens is 3. The third-order valence-corrected chi connectivity index (χ3v) is 7.53. The zero-order valence-electron chi connectivity index (χ0n) is 20.5. The number of anilines is 1. The van der Waals surface area contributed by atoms with Crippen LogP contribution < -0.4 is 5.32 Å². The van der Waals surface area contributed by atoms with Crippen molar-refractivity contribution in [2.45, 2.75) is 38.6 Å². The van der Waals surface area contributed by atoms with E-state index in [1.807, 2.05) is 30.2 Å². The smallest absolute Gasteiger partial charge is 0.228 e. The first-order chi connectivity index (χ1) is 17.1. The standard InChI is InChI=1S/C27H35FN6O/c1-32-25(19-34-10-3-2-4-11-34)24(18-30-32)21-5-6-22-17-29-26(16-23(22)15-21)31-27(35)20-7-12-33(13-8-20)14-9-28/h5-6,15-18,20H,2-4,7-14,19H2,1H3,(H,29,31,35). The average molecular weight is 479 g/mol. The van der Waals surface area contributed by atoms with Crippen molar-refractivity contribution in [3.05, 3.63) is 42.4 Å². The highest BCUT2D eigenvalue weighted by Gasteiger charge is 2.25. The number of pyridine rings is 1. The van der Waals surface area contributed by atoms with Crippen molar-refractivity contribution in [1.82, 2.24) is 24.6 Å². The van der Waals surface area contributed by atoms with Gasteiger partial charge >= 0.3 is 0 Å². The van der Waals surface area contributed by atoms with Crippen molar-refractivity contribution in [1.29, 1.82) is 0 Å². The minimum absolute atomic E-state index is 0.00369. The van der Waals surface area contributed by atoms with E-state index in [1.165, 1.54) is 25.0 Å². The van der Waals surface area contributed by atoms with Crippen LogP contribution in [0.2, 0.25) is 0 Å². The van der Waals surface area contributed by atoms with Crippen LogP contribution >= 0.6 is 0 Å². The highest BCUT2D eigenvalue weighted by atomic mass is 19.1. The molecule has 4 heterocycles. The maximum atomic E-state index is 12.8. The van der Waals surface area contributed by atoms with E-state index in [1.54, 1.807) is 0 Å². The molecule has 0 spiro atoms. The maximum absolute atomic E-state index is 12.8. The molecule has 8 heteroatoms. The first-order valence-corrected chi connectivity index (χ1v) is 12.8. The second-order valence-electron chi connectivity index (χ2n) is 9.89. The molecule has 7 nitrogen and oxygen atoms in total. The summed E-state index contributed by atoms with van der Waals surface area (Å²) in [4.78, 5) is 21.9. The highest BCUT2D eigenvalue weighted by molar-refractivity contribution is 5.95. The fourth-order valence-electron chi connectivity index (χ4n) is 5.36. The van der Waals surface area contributed by atoms with Crippen LogP contribution in [0, 0.1) is 5.92 Å². The normalized spacial score (nSPS) is 18.2. The lowest BCUT2D eigenvalue weighted by Gasteiger charge is -2.30. The lowest BCUT2D eigenvalue weighted by Crippen LogP contribution is -2.39. The number of fused-ring (bicyclic) bond motifs is 1. The summed E-state index contributed by atoms with van der Waals surface area (Å²) in [6.45, 7) is 4.85. The van der Waals surface area contributed by atoms with Crippen LogP contribution in [0.4, 0.5) is 10.2 Å². The molecular weight excluding hydrogens is 443 g/mol. The van der Waals surface area contributed by atoms with Crippen molar-refractivity contribution in [2.75, 3.05) is 44.7 Å². The molecule has 1 amide bonds. The van der Waals surface area contributed by atoms with Crippen molar-refractivity contribution < 1.29 is 9.18 Å². The van der Waals surface area contributed by atoms with Gasteiger partial charge in [0.05, 0.1) is 11.9 Å². The number of alkyl halides is 1. The van der Waals surface area contributed by atoms with Gasteiger partial charge in [-0.15, -0.1) is 0 Å². The molecule has 35 heavy (non-hydrogen) atoms. The Morgan fingerprint density at radius 1 is 1.03 bits per heavy atom. The predicted molar refractivity (Wildman–Crippen MR) is 137 cm³/mol. The van der Waals surface area contributed by atoms with Crippen molar-refractivity contribution in [2.24, 2.45) is 13.0 Å². The molecule has 1 aromatic carbocycles. The Morgan fingerprint density at radius 2 is 1.83 bits per heavy atom. The second kappa shape index (κ2) is 10.8. The molecular formula is C27H35FN6O. The minimum atomic E-state index is -0.335. The predicted octanol–water partition coefficient (Wildman–Crippen LogP) is 4.24. The molecule has 186 valence electrons. The van der Waals surface area contributed by atoms with E-state index in [-0.39, 0.29) is 18.5 Å². The number of likely N-dealkylation sites (tertiary alicyclic amines) is 2. The summed E-state index contributed by atoms with van der Waals surface area (Å²) in [5.41, 5.74) is 3.51. The number of hydrogen-bond acceptors (Lipinski definition) is 5. The van der Waals surface area contributed by atoms with E-state index in [0.29, 0.717) is 12.4 Å². The molecule has 2 aromatic heterocycles. The van der Waals surface area contributed by atoms with Crippen LogP contribution in [0.25, 0.3) is 21.9 Å². The Hall–Kier alpha value is -2.84. The van der Waals surface area contributed by atoms with Gasteiger partial charge in [0.25, 0.3) is 0 Å². The molecule has 5 rings (SSSR count). The highest BCUT2D eigenvalue weighted by Crippen LogP contribution is 2.29. The lowest BCUT2D eigenvalue weighted by molar-refractivity contribution is -0.121. The van der Waals surface area contributed by atoms with E-state index >= 15 is 0 Å². The summed E-state index contributed by atoms with van der Waals surface area (Å²) in [6, 6.07) is 8.33. The van der Waals surface area contributed by atoms with Crippen LogP contribution in [0.1, 0.15) is 37.8 Å². The zero-order chi connectivity index (χ0) is 24.2. The molecule has 3 aromatic rings. The molecule has 2 aliphatic heterocycles. The van der Waals surface area contributed by atoms with Gasteiger partial charge in [0.2, 0.25) is 5.91 Å². The number of nitrogens with zero attached hydrogens (tertiary/aromatic N) is 5. The zero-order valence-corrected chi connectivity index (χ0v) is 20.5. The monoisotopic (exact) mass is 478 g/mol. The first-order valence-electron chi connectivity index (χ1n) is 12.8. The molecule has 1 N–H and O–H groups in total. The summed E-state index contributed by atoms with van der Waals surface area (Å²) in [5, 5.41) is 9.65.